The van der Waals surface area contributed by atoms with Crippen LogP contribution in [0.3, 0.4) is 0 Å². The van der Waals surface area contributed by atoms with Crippen molar-refractivity contribution in [1.82, 2.24) is 15.5 Å². The third-order valence-electron chi connectivity index (χ3n) is 6.22. The van der Waals surface area contributed by atoms with Crippen molar-refractivity contribution in [3.05, 3.63) is 24.3 Å². The number of benzene rings is 1. The molecule has 0 unspecified atom stereocenters. The highest BCUT2D eigenvalue weighted by Gasteiger charge is 2.33. The Morgan fingerprint density at radius 3 is 2.38 bits per heavy atom. The van der Waals surface area contributed by atoms with Gasteiger partial charge in [-0.1, -0.05) is 13.8 Å². The molecule has 8 heteroatoms. The van der Waals surface area contributed by atoms with Gasteiger partial charge in [0.1, 0.15) is 11.8 Å². The number of nitrogens with one attached hydrogen (secondary N) is 3. The standard InChI is InChI=1S/C24H36N4O4/c1-4-32-19-9-7-18(8-10-19)26-23(30)21(16(2)3)27-22(29)17-11-14-28(15-12-17)24(31)20-6-5-13-25-20/h7-10,16-17,20-21,25H,4-6,11-15H2,1-3H3,(H,26,30)(H,27,29)/t20-,21-/m0/s1. The molecule has 8 nitrogen and oxygen atoms in total. The lowest BCUT2D eigenvalue weighted by molar-refractivity contribution is -0.137. The Balaban J connectivity index is 1.51. The van der Waals surface area contributed by atoms with Crippen LogP contribution in [0.2, 0.25) is 0 Å². The number of hydrogen-bond donors (Lipinski definition) is 3. The molecule has 3 N–H and O–H groups in total. The maximum absolute atomic E-state index is 12.9. The van der Waals surface area contributed by atoms with Crippen molar-refractivity contribution in [2.75, 3.05) is 31.6 Å². The predicted octanol–water partition coefficient (Wildman–Crippen LogP) is 2.16. The van der Waals surface area contributed by atoms with Gasteiger partial charge in [-0.15, -0.1) is 0 Å². The number of amides is 3. The lowest BCUT2D eigenvalue weighted by Gasteiger charge is -2.34. The van der Waals surface area contributed by atoms with Crippen molar-refractivity contribution in [3.63, 3.8) is 0 Å². The molecule has 2 aliphatic rings. The van der Waals surface area contributed by atoms with Gasteiger partial charge in [0.2, 0.25) is 17.7 Å². The van der Waals surface area contributed by atoms with Gasteiger partial charge in [0.15, 0.2) is 0 Å². The van der Waals surface area contributed by atoms with E-state index in [2.05, 4.69) is 16.0 Å². The lowest BCUT2D eigenvalue weighted by Crippen LogP contribution is -2.52. The summed E-state index contributed by atoms with van der Waals surface area (Å²) >= 11 is 0. The molecule has 0 spiro atoms. The summed E-state index contributed by atoms with van der Waals surface area (Å²) in [7, 11) is 0. The maximum Gasteiger partial charge on any atom is 0.247 e. The van der Waals surface area contributed by atoms with E-state index in [0.717, 1.165) is 25.1 Å². The van der Waals surface area contributed by atoms with E-state index in [1.807, 2.05) is 25.7 Å². The van der Waals surface area contributed by atoms with Crippen LogP contribution in [0, 0.1) is 11.8 Å². The molecule has 0 aromatic heterocycles. The molecule has 1 aromatic rings. The quantitative estimate of drug-likeness (QED) is 0.571. The Bertz CT molecular complexity index is 782. The molecule has 176 valence electrons. The number of carbonyl (C=O) groups excluding carboxylic acids is 3. The molecule has 2 aliphatic heterocycles. The highest BCUT2D eigenvalue weighted by atomic mass is 16.5. The first-order valence-corrected chi connectivity index (χ1v) is 11.7. The van der Waals surface area contributed by atoms with Gasteiger partial charge in [0.25, 0.3) is 0 Å². The van der Waals surface area contributed by atoms with Crippen LogP contribution in [0.25, 0.3) is 0 Å². The summed E-state index contributed by atoms with van der Waals surface area (Å²) < 4.78 is 5.42. The largest absolute Gasteiger partial charge is 0.494 e. The van der Waals surface area contributed by atoms with Crippen molar-refractivity contribution in [2.45, 2.75) is 58.5 Å². The van der Waals surface area contributed by atoms with Gasteiger partial charge in [0, 0.05) is 24.7 Å². The van der Waals surface area contributed by atoms with Crippen LogP contribution in [0.5, 0.6) is 5.75 Å². The van der Waals surface area contributed by atoms with Crippen LogP contribution in [0.4, 0.5) is 5.69 Å². The van der Waals surface area contributed by atoms with Crippen LogP contribution >= 0.6 is 0 Å². The molecule has 3 rings (SSSR count). The zero-order valence-electron chi connectivity index (χ0n) is 19.4. The number of rotatable bonds is 8. The Hall–Kier alpha value is -2.61. The summed E-state index contributed by atoms with van der Waals surface area (Å²) in [5.74, 6) is 0.296. The van der Waals surface area contributed by atoms with E-state index in [-0.39, 0.29) is 35.6 Å². The van der Waals surface area contributed by atoms with Crippen molar-refractivity contribution in [3.8, 4) is 5.75 Å². The molecule has 2 atom stereocenters. The van der Waals surface area contributed by atoms with Gasteiger partial charge in [-0.3, -0.25) is 14.4 Å². The fourth-order valence-corrected chi connectivity index (χ4v) is 4.31. The number of anilines is 1. The molecule has 0 saturated carbocycles. The van der Waals surface area contributed by atoms with Crippen molar-refractivity contribution < 1.29 is 19.1 Å². The second-order valence-electron chi connectivity index (χ2n) is 8.93. The maximum atomic E-state index is 12.9. The fraction of sp³-hybridized carbons (Fsp3) is 0.625. The zero-order chi connectivity index (χ0) is 23.1. The van der Waals surface area contributed by atoms with Gasteiger partial charge in [0.05, 0.1) is 12.6 Å². The van der Waals surface area contributed by atoms with E-state index in [1.54, 1.807) is 24.3 Å². The first-order chi connectivity index (χ1) is 15.4. The minimum Gasteiger partial charge on any atom is -0.494 e. The van der Waals surface area contributed by atoms with Crippen molar-refractivity contribution in [1.29, 1.82) is 0 Å². The summed E-state index contributed by atoms with van der Waals surface area (Å²) in [4.78, 5) is 40.2. The van der Waals surface area contributed by atoms with E-state index in [9.17, 15) is 14.4 Å². The van der Waals surface area contributed by atoms with Crippen molar-refractivity contribution in [2.24, 2.45) is 11.8 Å². The van der Waals surface area contributed by atoms with Crippen LogP contribution in [-0.4, -0.2) is 60.9 Å². The summed E-state index contributed by atoms with van der Waals surface area (Å²) in [6.07, 6.45) is 3.16. The zero-order valence-corrected chi connectivity index (χ0v) is 19.4. The molecule has 2 saturated heterocycles. The van der Waals surface area contributed by atoms with Gasteiger partial charge in [-0.05, 0) is 69.3 Å². The normalized spacial score (nSPS) is 20.1. The molecule has 32 heavy (non-hydrogen) atoms. The average molecular weight is 445 g/mol. The van der Waals surface area contributed by atoms with Crippen LogP contribution in [0.1, 0.15) is 46.5 Å². The molecule has 1 aromatic carbocycles. The summed E-state index contributed by atoms with van der Waals surface area (Å²) in [5, 5.41) is 9.08. The highest BCUT2D eigenvalue weighted by molar-refractivity contribution is 5.97. The Labute approximate surface area is 190 Å². The Morgan fingerprint density at radius 1 is 1.12 bits per heavy atom. The van der Waals surface area contributed by atoms with Crippen LogP contribution in [-0.2, 0) is 14.4 Å². The Morgan fingerprint density at radius 2 is 1.81 bits per heavy atom. The topological polar surface area (TPSA) is 99.8 Å². The number of carbonyl (C=O) groups is 3. The first-order valence-electron chi connectivity index (χ1n) is 11.7. The molecule has 2 fully saturated rings. The third-order valence-corrected chi connectivity index (χ3v) is 6.22. The second-order valence-corrected chi connectivity index (χ2v) is 8.93. The third kappa shape index (κ3) is 6.22. The smallest absolute Gasteiger partial charge is 0.247 e. The fourth-order valence-electron chi connectivity index (χ4n) is 4.31. The Kier molecular flexibility index (Phi) is 8.50. The van der Waals surface area contributed by atoms with E-state index in [1.165, 1.54) is 0 Å². The summed E-state index contributed by atoms with van der Waals surface area (Å²) in [6.45, 7) is 8.39. The lowest BCUT2D eigenvalue weighted by atomic mass is 9.94. The molecule has 0 radical (unpaired) electrons. The summed E-state index contributed by atoms with van der Waals surface area (Å²) in [6, 6.07) is 6.48. The number of nitrogens with zero attached hydrogens (tertiary/aromatic N) is 1. The molecular weight excluding hydrogens is 408 g/mol. The number of ether oxygens (including phenoxy) is 1. The predicted molar refractivity (Wildman–Crippen MR) is 123 cm³/mol. The molecule has 0 aliphatic carbocycles. The minimum absolute atomic E-state index is 0.0586. The highest BCUT2D eigenvalue weighted by Crippen LogP contribution is 2.21. The summed E-state index contributed by atoms with van der Waals surface area (Å²) in [5.41, 5.74) is 0.658. The average Bonchev–Trinajstić information content (AvgIpc) is 3.33. The van der Waals surface area contributed by atoms with Crippen LogP contribution < -0.4 is 20.7 Å². The van der Waals surface area contributed by atoms with E-state index in [4.69, 9.17) is 4.74 Å². The number of piperidine rings is 1. The van der Waals surface area contributed by atoms with Crippen LogP contribution in [0.15, 0.2) is 24.3 Å². The number of hydrogen-bond acceptors (Lipinski definition) is 5. The van der Waals surface area contributed by atoms with Crippen molar-refractivity contribution >= 4 is 23.4 Å². The first kappa shape index (κ1) is 24.0. The number of likely N-dealkylation sites (tertiary alicyclic amines) is 1. The second kappa shape index (κ2) is 11.3. The molecule has 0 bridgehead atoms. The molecule has 3 amide bonds. The van der Waals surface area contributed by atoms with Gasteiger partial charge >= 0.3 is 0 Å². The van der Waals surface area contributed by atoms with E-state index in [0.29, 0.717) is 38.2 Å². The minimum atomic E-state index is -0.628. The SMILES string of the molecule is CCOc1ccc(NC(=O)[C@@H](NC(=O)C2CCN(C(=O)[C@@H]3CCCN3)CC2)C(C)C)cc1. The van der Waals surface area contributed by atoms with E-state index < -0.39 is 6.04 Å². The molecule has 2 heterocycles. The van der Waals surface area contributed by atoms with Gasteiger partial charge in [-0.25, -0.2) is 0 Å². The monoisotopic (exact) mass is 444 g/mol. The van der Waals surface area contributed by atoms with Gasteiger partial charge in [-0.2, -0.15) is 0 Å². The van der Waals surface area contributed by atoms with E-state index >= 15 is 0 Å². The molecular formula is C24H36N4O4. The van der Waals surface area contributed by atoms with Gasteiger partial charge < -0.3 is 25.6 Å².